The number of sulfonamides is 1. The van der Waals surface area contributed by atoms with Gasteiger partial charge in [0, 0.05) is 17.0 Å². The van der Waals surface area contributed by atoms with Crippen LogP contribution in [0.4, 0.5) is 10.1 Å². The summed E-state index contributed by atoms with van der Waals surface area (Å²) in [5.41, 5.74) is 2.60. The van der Waals surface area contributed by atoms with Crippen molar-refractivity contribution in [2.75, 3.05) is 11.8 Å². The molecule has 0 bridgehead atoms. The highest BCUT2D eigenvalue weighted by molar-refractivity contribution is 7.92. The van der Waals surface area contributed by atoms with Crippen LogP contribution in [-0.4, -0.2) is 30.7 Å². The number of methoxy groups -OCH3 is 1. The Morgan fingerprint density at radius 2 is 1.93 bits per heavy atom. The Morgan fingerprint density at radius 3 is 2.68 bits per heavy atom. The second-order valence-corrected chi connectivity index (χ2v) is 7.66. The molecule has 0 aliphatic rings. The number of fused-ring (bicyclic) bond motifs is 1. The molecule has 0 fully saturated rings. The minimum absolute atomic E-state index is 0.216. The van der Waals surface area contributed by atoms with Crippen molar-refractivity contribution in [3.8, 4) is 17.0 Å². The smallest absolute Gasteiger partial charge is 0.265 e. The van der Waals surface area contributed by atoms with Crippen molar-refractivity contribution in [2.24, 2.45) is 0 Å². The number of aromatic nitrogens is 3. The number of aromatic amines is 1. The standard InChI is InChI=1S/C19H15FN4O3S/c1-27-15-5-6-16(20)19(9-15)28(25,26)24-14-4-7-17(21-11-14)12-2-3-13-10-22-23-18(13)8-12/h2-11,24H,1H3,(H,22,23). The van der Waals surface area contributed by atoms with Gasteiger partial charge in [-0.25, -0.2) is 12.8 Å². The fourth-order valence-corrected chi connectivity index (χ4v) is 3.89. The van der Waals surface area contributed by atoms with E-state index in [4.69, 9.17) is 4.74 Å². The van der Waals surface area contributed by atoms with E-state index in [0.29, 0.717) is 5.69 Å². The van der Waals surface area contributed by atoms with Crippen LogP contribution in [0.25, 0.3) is 22.2 Å². The lowest BCUT2D eigenvalue weighted by molar-refractivity contribution is 0.411. The molecule has 0 radical (unpaired) electrons. The molecule has 7 nitrogen and oxygen atoms in total. The molecule has 28 heavy (non-hydrogen) atoms. The number of benzene rings is 2. The van der Waals surface area contributed by atoms with Gasteiger partial charge in [0.25, 0.3) is 10.0 Å². The second kappa shape index (κ2) is 6.93. The van der Waals surface area contributed by atoms with Crippen LogP contribution < -0.4 is 9.46 Å². The SMILES string of the molecule is COc1ccc(F)c(S(=O)(=O)Nc2ccc(-c3ccc4cn[nH]c4c3)nc2)c1. The minimum atomic E-state index is -4.13. The zero-order valence-corrected chi connectivity index (χ0v) is 15.5. The third-order valence-corrected chi connectivity index (χ3v) is 5.58. The van der Waals surface area contributed by atoms with Crippen molar-refractivity contribution in [2.45, 2.75) is 4.90 Å². The van der Waals surface area contributed by atoms with Crippen molar-refractivity contribution < 1.29 is 17.5 Å². The number of H-pyrrole nitrogens is 1. The topological polar surface area (TPSA) is 97.0 Å². The first-order valence-electron chi connectivity index (χ1n) is 8.22. The van der Waals surface area contributed by atoms with Crippen molar-refractivity contribution in [1.29, 1.82) is 0 Å². The maximum Gasteiger partial charge on any atom is 0.265 e. The molecule has 0 saturated carbocycles. The molecule has 142 valence electrons. The van der Waals surface area contributed by atoms with E-state index in [9.17, 15) is 12.8 Å². The number of hydrogen-bond donors (Lipinski definition) is 2. The Balaban J connectivity index is 1.60. The number of pyridine rings is 1. The summed E-state index contributed by atoms with van der Waals surface area (Å²) in [6.07, 6.45) is 3.10. The summed E-state index contributed by atoms with van der Waals surface area (Å²) in [7, 11) is -2.76. The molecule has 0 aliphatic heterocycles. The Labute approximate surface area is 160 Å². The number of ether oxygens (including phenoxy) is 1. The molecule has 9 heteroatoms. The fraction of sp³-hybridized carbons (Fsp3) is 0.0526. The van der Waals surface area contributed by atoms with E-state index in [-0.39, 0.29) is 11.4 Å². The molecule has 0 unspecified atom stereocenters. The molecule has 2 aromatic carbocycles. The summed E-state index contributed by atoms with van der Waals surface area (Å²) in [5, 5.41) is 7.85. The molecule has 2 heterocycles. The Morgan fingerprint density at radius 1 is 1.07 bits per heavy atom. The molecule has 2 N–H and O–H groups in total. The molecule has 0 saturated heterocycles. The van der Waals surface area contributed by atoms with Crippen molar-refractivity contribution >= 4 is 26.6 Å². The van der Waals surface area contributed by atoms with Crippen LogP contribution in [0, 0.1) is 5.82 Å². The molecular weight excluding hydrogens is 383 g/mol. The number of hydrogen-bond acceptors (Lipinski definition) is 5. The zero-order chi connectivity index (χ0) is 19.7. The van der Waals surface area contributed by atoms with E-state index >= 15 is 0 Å². The Hall–Kier alpha value is -3.46. The molecule has 0 spiro atoms. The van der Waals surface area contributed by atoms with E-state index in [1.54, 1.807) is 18.3 Å². The van der Waals surface area contributed by atoms with E-state index in [1.165, 1.54) is 19.4 Å². The van der Waals surface area contributed by atoms with Gasteiger partial charge in [0.05, 0.1) is 36.4 Å². The first kappa shape index (κ1) is 17.9. The number of halogens is 1. The lowest BCUT2D eigenvalue weighted by Gasteiger charge is -2.10. The highest BCUT2D eigenvalue weighted by Crippen LogP contribution is 2.25. The summed E-state index contributed by atoms with van der Waals surface area (Å²) in [4.78, 5) is 3.80. The maximum atomic E-state index is 14.0. The van der Waals surface area contributed by atoms with E-state index in [0.717, 1.165) is 28.6 Å². The first-order chi connectivity index (χ1) is 13.5. The van der Waals surface area contributed by atoms with Gasteiger partial charge in [0.2, 0.25) is 0 Å². The van der Waals surface area contributed by atoms with Crippen LogP contribution in [0.15, 0.2) is 65.8 Å². The third kappa shape index (κ3) is 3.39. The van der Waals surface area contributed by atoms with Crippen molar-refractivity contribution in [3.63, 3.8) is 0 Å². The summed E-state index contributed by atoms with van der Waals surface area (Å²) < 4.78 is 46.3. The third-order valence-electron chi connectivity index (χ3n) is 4.18. The number of rotatable bonds is 5. The molecular formula is C19H15FN4O3S. The Kier molecular flexibility index (Phi) is 4.44. The predicted octanol–water partition coefficient (Wildman–Crippen LogP) is 3.57. The Bertz CT molecular complexity index is 1250. The van der Waals surface area contributed by atoms with Gasteiger partial charge < -0.3 is 4.74 Å². The summed E-state index contributed by atoms with van der Waals surface area (Å²) in [6, 6.07) is 12.5. The highest BCUT2D eigenvalue weighted by atomic mass is 32.2. The van der Waals surface area contributed by atoms with E-state index in [1.807, 2.05) is 18.2 Å². The minimum Gasteiger partial charge on any atom is -0.497 e. The van der Waals surface area contributed by atoms with Gasteiger partial charge >= 0.3 is 0 Å². The first-order valence-corrected chi connectivity index (χ1v) is 9.70. The molecule has 0 aliphatic carbocycles. The van der Waals surface area contributed by atoms with Gasteiger partial charge in [-0.15, -0.1) is 0 Å². The largest absolute Gasteiger partial charge is 0.497 e. The second-order valence-electron chi connectivity index (χ2n) is 6.01. The molecule has 0 atom stereocenters. The molecule has 0 amide bonds. The summed E-state index contributed by atoms with van der Waals surface area (Å²) in [6.45, 7) is 0. The number of nitrogens with one attached hydrogen (secondary N) is 2. The van der Waals surface area contributed by atoms with E-state index < -0.39 is 20.7 Å². The average Bonchev–Trinajstić information content (AvgIpc) is 3.16. The van der Waals surface area contributed by atoms with Gasteiger partial charge in [-0.2, -0.15) is 5.10 Å². The normalized spacial score (nSPS) is 11.5. The van der Waals surface area contributed by atoms with E-state index in [2.05, 4.69) is 19.9 Å². The molecule has 4 aromatic rings. The predicted molar refractivity (Wildman–Crippen MR) is 103 cm³/mol. The fourth-order valence-electron chi connectivity index (χ4n) is 2.75. The van der Waals surface area contributed by atoms with Crippen LogP contribution in [0.3, 0.4) is 0 Å². The van der Waals surface area contributed by atoms with Gasteiger partial charge in [-0.3, -0.25) is 14.8 Å². The average molecular weight is 398 g/mol. The lowest BCUT2D eigenvalue weighted by Crippen LogP contribution is -2.15. The van der Waals surface area contributed by atoms with Crippen LogP contribution in [-0.2, 0) is 10.0 Å². The molecule has 2 aromatic heterocycles. The molecule has 4 rings (SSSR count). The van der Waals surface area contributed by atoms with Gasteiger partial charge in [-0.05, 0) is 30.3 Å². The number of anilines is 1. The van der Waals surface area contributed by atoms with Gasteiger partial charge in [-0.1, -0.05) is 12.1 Å². The lowest BCUT2D eigenvalue weighted by atomic mass is 10.1. The summed E-state index contributed by atoms with van der Waals surface area (Å²) in [5.74, 6) is -0.629. The van der Waals surface area contributed by atoms with Crippen LogP contribution in [0.2, 0.25) is 0 Å². The zero-order valence-electron chi connectivity index (χ0n) is 14.7. The van der Waals surface area contributed by atoms with Crippen LogP contribution in [0.5, 0.6) is 5.75 Å². The van der Waals surface area contributed by atoms with Crippen LogP contribution in [0.1, 0.15) is 0 Å². The van der Waals surface area contributed by atoms with Crippen LogP contribution >= 0.6 is 0 Å². The van der Waals surface area contributed by atoms with Crippen molar-refractivity contribution in [3.05, 3.63) is 66.7 Å². The monoisotopic (exact) mass is 398 g/mol. The maximum absolute atomic E-state index is 14.0. The number of nitrogens with zero attached hydrogens (tertiary/aromatic N) is 2. The van der Waals surface area contributed by atoms with Gasteiger partial charge in [0.1, 0.15) is 16.5 Å². The quantitative estimate of drug-likeness (QED) is 0.536. The van der Waals surface area contributed by atoms with Crippen molar-refractivity contribution in [1.82, 2.24) is 15.2 Å². The van der Waals surface area contributed by atoms with Gasteiger partial charge in [0.15, 0.2) is 0 Å². The summed E-state index contributed by atoms with van der Waals surface area (Å²) >= 11 is 0. The highest BCUT2D eigenvalue weighted by Gasteiger charge is 2.20.